The van der Waals surface area contributed by atoms with Crippen LogP contribution < -0.4 is 4.90 Å². The molecule has 10 heteroatoms. The molecule has 2 aromatic heterocycles. The second-order valence-electron chi connectivity index (χ2n) is 10.2. The Kier molecular flexibility index (Phi) is 4.96. The average Bonchev–Trinajstić information content (AvgIpc) is 3.66. The van der Waals surface area contributed by atoms with Gasteiger partial charge in [0.25, 0.3) is 10.0 Å². The number of carbonyl (C=O) groups excluding carboxylic acids is 1. The minimum absolute atomic E-state index is 0.187. The SMILES string of the molecule is CS(=O)(=O)n1cc(-c2cc(C#N)c(N3CCN(C(=O)C4CC4)C(C4CC4)C3)nc2C2CC2)cn1. The normalized spacial score (nSPS) is 23.1. The van der Waals surface area contributed by atoms with Gasteiger partial charge in [-0.05, 0) is 50.5 Å². The van der Waals surface area contributed by atoms with E-state index in [9.17, 15) is 18.5 Å². The van der Waals surface area contributed by atoms with Crippen LogP contribution in [-0.4, -0.2) is 65.3 Å². The van der Waals surface area contributed by atoms with E-state index in [2.05, 4.69) is 21.0 Å². The molecule has 9 nitrogen and oxygen atoms in total. The zero-order chi connectivity index (χ0) is 23.6. The molecule has 2 aromatic rings. The fourth-order valence-electron chi connectivity index (χ4n) is 5.09. The van der Waals surface area contributed by atoms with E-state index in [1.165, 1.54) is 12.4 Å². The first-order chi connectivity index (χ1) is 16.3. The Bertz CT molecular complexity index is 1300. The van der Waals surface area contributed by atoms with Gasteiger partial charge in [0.05, 0.1) is 35.9 Å². The third-order valence-electron chi connectivity index (χ3n) is 7.42. The topological polar surface area (TPSA) is 112 Å². The van der Waals surface area contributed by atoms with Crippen molar-refractivity contribution in [1.29, 1.82) is 5.26 Å². The molecule has 6 rings (SSSR count). The molecule has 0 radical (unpaired) electrons. The zero-order valence-electron chi connectivity index (χ0n) is 19.2. The number of amides is 1. The zero-order valence-corrected chi connectivity index (χ0v) is 20.0. The molecule has 1 aliphatic heterocycles. The van der Waals surface area contributed by atoms with E-state index >= 15 is 0 Å². The second-order valence-corrected chi connectivity index (χ2v) is 12.0. The summed E-state index contributed by atoms with van der Waals surface area (Å²) in [6.07, 6.45) is 10.5. The third kappa shape index (κ3) is 3.96. The van der Waals surface area contributed by atoms with Crippen LogP contribution in [0.4, 0.5) is 5.82 Å². The molecular weight excluding hydrogens is 452 g/mol. The Morgan fingerprint density at radius 2 is 1.91 bits per heavy atom. The van der Waals surface area contributed by atoms with Crippen LogP contribution in [0.3, 0.4) is 0 Å². The first-order valence-electron chi connectivity index (χ1n) is 12.1. The Balaban J connectivity index is 1.35. The molecular formula is C24H28N6O3S. The van der Waals surface area contributed by atoms with Gasteiger partial charge in [0, 0.05) is 42.6 Å². The summed E-state index contributed by atoms with van der Waals surface area (Å²) in [6.45, 7) is 2.05. The Labute approximate surface area is 199 Å². The van der Waals surface area contributed by atoms with E-state index in [1.807, 2.05) is 6.07 Å². The first-order valence-corrected chi connectivity index (χ1v) is 13.9. The van der Waals surface area contributed by atoms with E-state index in [-0.39, 0.29) is 12.0 Å². The average molecular weight is 481 g/mol. The minimum atomic E-state index is -3.49. The van der Waals surface area contributed by atoms with Gasteiger partial charge in [-0.25, -0.2) is 13.4 Å². The smallest absolute Gasteiger partial charge is 0.250 e. The predicted molar refractivity (Wildman–Crippen MR) is 126 cm³/mol. The van der Waals surface area contributed by atoms with Crippen LogP contribution in [0.2, 0.25) is 0 Å². The van der Waals surface area contributed by atoms with Crippen LogP contribution in [0.1, 0.15) is 55.7 Å². The Morgan fingerprint density at radius 3 is 2.50 bits per heavy atom. The summed E-state index contributed by atoms with van der Waals surface area (Å²) in [7, 11) is -3.49. The standard InChI is InChI=1S/C24H28N6O3S/c1-34(32,33)30-13-19(12-26-30)20-10-18(11-25)23(27-22(20)16-4-5-16)28-8-9-29(24(31)17-6-7-17)21(14-28)15-2-3-15/h10,12-13,15-17,21H,2-9,14H2,1H3. The van der Waals surface area contributed by atoms with E-state index in [1.54, 1.807) is 0 Å². The summed E-state index contributed by atoms with van der Waals surface area (Å²) in [6, 6.07) is 4.35. The number of nitrogens with zero attached hydrogens (tertiary/aromatic N) is 6. The summed E-state index contributed by atoms with van der Waals surface area (Å²) in [5, 5.41) is 14.0. The lowest BCUT2D eigenvalue weighted by atomic mass is 10.0. The number of anilines is 1. The van der Waals surface area contributed by atoms with Crippen molar-refractivity contribution < 1.29 is 13.2 Å². The van der Waals surface area contributed by atoms with Gasteiger partial charge in [-0.15, -0.1) is 0 Å². The van der Waals surface area contributed by atoms with Crippen molar-refractivity contribution in [2.75, 3.05) is 30.8 Å². The summed E-state index contributed by atoms with van der Waals surface area (Å²) in [5.74, 6) is 2.06. The quantitative estimate of drug-likeness (QED) is 0.624. The van der Waals surface area contributed by atoms with Crippen LogP contribution in [0.5, 0.6) is 0 Å². The van der Waals surface area contributed by atoms with Crippen molar-refractivity contribution in [1.82, 2.24) is 19.1 Å². The maximum Gasteiger partial charge on any atom is 0.250 e. The summed E-state index contributed by atoms with van der Waals surface area (Å²) in [4.78, 5) is 22.2. The number of piperazine rings is 1. The molecule has 1 atom stereocenters. The van der Waals surface area contributed by atoms with Crippen LogP contribution in [-0.2, 0) is 14.8 Å². The minimum Gasteiger partial charge on any atom is -0.352 e. The molecule has 4 fully saturated rings. The highest BCUT2D eigenvalue weighted by Gasteiger charge is 2.45. The fraction of sp³-hybridized carbons (Fsp3) is 0.583. The number of hydrogen-bond acceptors (Lipinski definition) is 7. The van der Waals surface area contributed by atoms with E-state index in [0.717, 1.165) is 60.1 Å². The molecule has 3 heterocycles. The Morgan fingerprint density at radius 1 is 1.15 bits per heavy atom. The maximum atomic E-state index is 12.9. The third-order valence-corrected chi connectivity index (χ3v) is 8.30. The van der Waals surface area contributed by atoms with Crippen LogP contribution in [0.15, 0.2) is 18.5 Å². The van der Waals surface area contributed by atoms with Gasteiger partial charge in [0.1, 0.15) is 11.9 Å². The van der Waals surface area contributed by atoms with Crippen molar-refractivity contribution >= 4 is 21.7 Å². The molecule has 1 amide bonds. The van der Waals surface area contributed by atoms with Gasteiger partial charge in [-0.1, -0.05) is 0 Å². The molecule has 1 unspecified atom stereocenters. The highest BCUT2D eigenvalue weighted by atomic mass is 32.2. The molecule has 178 valence electrons. The van der Waals surface area contributed by atoms with E-state index in [0.29, 0.717) is 54.3 Å². The van der Waals surface area contributed by atoms with Crippen molar-refractivity contribution in [2.24, 2.45) is 11.8 Å². The van der Waals surface area contributed by atoms with Gasteiger partial charge in [0.15, 0.2) is 0 Å². The molecule has 0 bridgehead atoms. The lowest BCUT2D eigenvalue weighted by Gasteiger charge is -2.43. The van der Waals surface area contributed by atoms with E-state index < -0.39 is 10.0 Å². The number of pyridine rings is 1. The monoisotopic (exact) mass is 480 g/mol. The van der Waals surface area contributed by atoms with E-state index in [4.69, 9.17) is 4.98 Å². The molecule has 0 aromatic carbocycles. The lowest BCUT2D eigenvalue weighted by molar-refractivity contribution is -0.135. The highest BCUT2D eigenvalue weighted by molar-refractivity contribution is 7.89. The van der Waals surface area contributed by atoms with Crippen molar-refractivity contribution in [3.63, 3.8) is 0 Å². The number of nitriles is 1. The van der Waals surface area contributed by atoms with Gasteiger partial charge in [0.2, 0.25) is 5.91 Å². The summed E-state index contributed by atoms with van der Waals surface area (Å²) >= 11 is 0. The van der Waals surface area contributed by atoms with Crippen molar-refractivity contribution in [3.8, 4) is 17.2 Å². The largest absolute Gasteiger partial charge is 0.352 e. The number of rotatable bonds is 6. The molecule has 34 heavy (non-hydrogen) atoms. The molecule has 3 aliphatic carbocycles. The molecule has 0 N–H and O–H groups in total. The maximum absolute atomic E-state index is 12.9. The Hall–Kier alpha value is -2.93. The number of aromatic nitrogens is 3. The summed E-state index contributed by atoms with van der Waals surface area (Å²) in [5.41, 5.74) is 2.81. The molecule has 1 saturated heterocycles. The van der Waals surface area contributed by atoms with Crippen LogP contribution >= 0.6 is 0 Å². The van der Waals surface area contributed by atoms with Gasteiger partial charge in [-0.2, -0.15) is 14.4 Å². The highest BCUT2D eigenvalue weighted by Crippen LogP contribution is 2.46. The molecule has 3 saturated carbocycles. The molecule has 0 spiro atoms. The van der Waals surface area contributed by atoms with Crippen LogP contribution in [0.25, 0.3) is 11.1 Å². The summed E-state index contributed by atoms with van der Waals surface area (Å²) < 4.78 is 24.8. The number of carbonyl (C=O) groups is 1. The fourth-order valence-corrected chi connectivity index (χ4v) is 5.61. The van der Waals surface area contributed by atoms with Gasteiger partial charge < -0.3 is 9.80 Å². The first kappa shape index (κ1) is 21.6. The van der Waals surface area contributed by atoms with Gasteiger partial charge in [-0.3, -0.25) is 4.79 Å². The number of hydrogen-bond donors (Lipinski definition) is 0. The van der Waals surface area contributed by atoms with Crippen LogP contribution in [0, 0.1) is 23.2 Å². The second kappa shape index (κ2) is 7.80. The molecule has 4 aliphatic rings. The predicted octanol–water partition coefficient (Wildman–Crippen LogP) is 2.34. The van der Waals surface area contributed by atoms with Crippen molar-refractivity contribution in [2.45, 2.75) is 50.5 Å². The van der Waals surface area contributed by atoms with Gasteiger partial charge >= 0.3 is 0 Å². The lowest BCUT2D eigenvalue weighted by Crippen LogP contribution is -2.57. The van der Waals surface area contributed by atoms with Crippen molar-refractivity contribution in [3.05, 3.63) is 29.7 Å².